The van der Waals surface area contributed by atoms with E-state index in [2.05, 4.69) is 54.9 Å². The number of nitrogens with two attached hydrogens (primary N) is 1. The highest BCUT2D eigenvalue weighted by Crippen LogP contribution is 2.26. The molecule has 78 valence electrons. The van der Waals surface area contributed by atoms with Crippen LogP contribution in [0.4, 0.5) is 0 Å². The van der Waals surface area contributed by atoms with Crippen molar-refractivity contribution in [2.75, 3.05) is 0 Å². The van der Waals surface area contributed by atoms with Crippen LogP contribution in [-0.2, 0) is 0 Å². The van der Waals surface area contributed by atoms with E-state index in [9.17, 15) is 0 Å². The maximum atomic E-state index is 6.00. The van der Waals surface area contributed by atoms with E-state index in [4.69, 9.17) is 5.73 Å². The normalized spacial score (nSPS) is 14.1. The van der Waals surface area contributed by atoms with Gasteiger partial charge in [0.05, 0.1) is 0 Å². The molecule has 1 unspecified atom stereocenters. The lowest BCUT2D eigenvalue weighted by Gasteiger charge is -2.23. The Morgan fingerprint density at radius 3 is 2.57 bits per heavy atom. The molecule has 0 aromatic heterocycles. The highest BCUT2D eigenvalue weighted by Gasteiger charge is 2.16. The van der Waals surface area contributed by atoms with Gasteiger partial charge in [-0.15, -0.1) is 0 Å². The molecule has 0 fully saturated rings. The Balaban J connectivity index is 2.74. The van der Waals surface area contributed by atoms with Crippen molar-refractivity contribution in [3.8, 4) is 0 Å². The average Bonchev–Trinajstić information content (AvgIpc) is 2.01. The molecule has 0 saturated heterocycles. The summed E-state index contributed by atoms with van der Waals surface area (Å²) in [6.45, 7) is 6.36. The third-order valence-electron chi connectivity index (χ3n) is 2.25. The van der Waals surface area contributed by atoms with Crippen LogP contribution in [0.15, 0.2) is 28.7 Å². The Kier molecular flexibility index (Phi) is 3.73. The summed E-state index contributed by atoms with van der Waals surface area (Å²) in [5.74, 6) is 0.507. The fourth-order valence-corrected chi connectivity index (χ4v) is 2.14. The van der Waals surface area contributed by atoms with Gasteiger partial charge in [0, 0.05) is 10.0 Å². The third-order valence-corrected chi connectivity index (χ3v) is 2.74. The quantitative estimate of drug-likeness (QED) is 0.877. The first-order chi connectivity index (χ1) is 6.38. The van der Waals surface area contributed by atoms with Crippen molar-refractivity contribution in [3.63, 3.8) is 0 Å². The molecular weight excluding hydrogens is 238 g/mol. The molecule has 1 aromatic rings. The van der Waals surface area contributed by atoms with Crippen molar-refractivity contribution in [2.45, 2.75) is 38.6 Å². The molecule has 1 nitrogen and oxygen atoms in total. The standard InChI is InChI=1S/C12H18BrN/c1-9(8-12(2,3)14)10-5-4-6-11(13)7-10/h4-7,9H,8,14H2,1-3H3. The Morgan fingerprint density at radius 2 is 2.07 bits per heavy atom. The smallest absolute Gasteiger partial charge is 0.0178 e. The highest BCUT2D eigenvalue weighted by molar-refractivity contribution is 9.10. The number of halogens is 1. The van der Waals surface area contributed by atoms with E-state index in [1.54, 1.807) is 0 Å². The van der Waals surface area contributed by atoms with Crippen LogP contribution < -0.4 is 5.73 Å². The molecule has 1 atom stereocenters. The number of hydrogen-bond donors (Lipinski definition) is 1. The van der Waals surface area contributed by atoms with Gasteiger partial charge in [0.2, 0.25) is 0 Å². The summed E-state index contributed by atoms with van der Waals surface area (Å²) in [6, 6.07) is 8.43. The van der Waals surface area contributed by atoms with E-state index in [0.29, 0.717) is 5.92 Å². The first-order valence-corrected chi connectivity index (χ1v) is 5.72. The molecule has 0 amide bonds. The van der Waals surface area contributed by atoms with E-state index < -0.39 is 0 Å². The lowest BCUT2D eigenvalue weighted by atomic mass is 9.88. The lowest BCUT2D eigenvalue weighted by molar-refractivity contribution is 0.437. The van der Waals surface area contributed by atoms with Crippen LogP contribution in [0.2, 0.25) is 0 Å². The minimum absolute atomic E-state index is 0.0955. The molecule has 0 aliphatic rings. The molecule has 14 heavy (non-hydrogen) atoms. The molecule has 0 aliphatic carbocycles. The van der Waals surface area contributed by atoms with Gasteiger partial charge < -0.3 is 5.73 Å². The highest BCUT2D eigenvalue weighted by atomic mass is 79.9. The van der Waals surface area contributed by atoms with Crippen LogP contribution >= 0.6 is 15.9 Å². The van der Waals surface area contributed by atoms with Gasteiger partial charge in [-0.05, 0) is 43.9 Å². The number of hydrogen-bond acceptors (Lipinski definition) is 1. The van der Waals surface area contributed by atoms with Gasteiger partial charge in [-0.1, -0.05) is 35.0 Å². The summed E-state index contributed by atoms with van der Waals surface area (Å²) in [5, 5.41) is 0. The second kappa shape index (κ2) is 4.45. The third kappa shape index (κ3) is 3.81. The molecule has 1 rings (SSSR count). The SMILES string of the molecule is CC(CC(C)(C)N)c1cccc(Br)c1. The Bertz CT molecular complexity index is 301. The zero-order chi connectivity index (χ0) is 10.8. The van der Waals surface area contributed by atoms with Crippen molar-refractivity contribution in [1.82, 2.24) is 0 Å². The predicted molar refractivity (Wildman–Crippen MR) is 65.4 cm³/mol. The van der Waals surface area contributed by atoms with Gasteiger partial charge in [-0.2, -0.15) is 0 Å². The zero-order valence-electron chi connectivity index (χ0n) is 9.05. The zero-order valence-corrected chi connectivity index (χ0v) is 10.6. The van der Waals surface area contributed by atoms with Gasteiger partial charge in [0.15, 0.2) is 0 Å². The van der Waals surface area contributed by atoms with Crippen molar-refractivity contribution < 1.29 is 0 Å². The molecule has 2 N–H and O–H groups in total. The van der Waals surface area contributed by atoms with Crippen molar-refractivity contribution in [3.05, 3.63) is 34.3 Å². The molecule has 2 heteroatoms. The summed E-state index contributed by atoms with van der Waals surface area (Å²) in [4.78, 5) is 0. The van der Waals surface area contributed by atoms with Gasteiger partial charge >= 0.3 is 0 Å². The van der Waals surface area contributed by atoms with E-state index in [1.807, 2.05) is 6.07 Å². The first kappa shape index (κ1) is 11.7. The molecule has 0 saturated carbocycles. The number of rotatable bonds is 3. The Labute approximate surface area is 94.8 Å². The van der Waals surface area contributed by atoms with Gasteiger partial charge in [-0.25, -0.2) is 0 Å². The fourth-order valence-electron chi connectivity index (χ4n) is 1.72. The van der Waals surface area contributed by atoms with Gasteiger partial charge in [-0.3, -0.25) is 0 Å². The van der Waals surface area contributed by atoms with Gasteiger partial charge in [0.25, 0.3) is 0 Å². The summed E-state index contributed by atoms with van der Waals surface area (Å²) in [7, 11) is 0. The van der Waals surface area contributed by atoms with Crippen LogP contribution in [0.3, 0.4) is 0 Å². The van der Waals surface area contributed by atoms with E-state index in [1.165, 1.54) is 5.56 Å². The molecule has 0 spiro atoms. The Hall–Kier alpha value is -0.340. The monoisotopic (exact) mass is 255 g/mol. The van der Waals surface area contributed by atoms with Crippen LogP contribution in [0.1, 0.15) is 38.7 Å². The van der Waals surface area contributed by atoms with E-state index in [0.717, 1.165) is 10.9 Å². The van der Waals surface area contributed by atoms with Crippen molar-refractivity contribution in [1.29, 1.82) is 0 Å². The largest absolute Gasteiger partial charge is 0.326 e. The minimum atomic E-state index is -0.0955. The minimum Gasteiger partial charge on any atom is -0.326 e. The van der Waals surface area contributed by atoms with E-state index in [-0.39, 0.29) is 5.54 Å². The molecular formula is C12H18BrN. The van der Waals surface area contributed by atoms with Crippen LogP contribution in [0, 0.1) is 0 Å². The maximum Gasteiger partial charge on any atom is 0.0178 e. The summed E-state index contributed by atoms with van der Waals surface area (Å²) in [6.07, 6.45) is 1.00. The maximum absolute atomic E-state index is 6.00. The molecule has 0 radical (unpaired) electrons. The second-order valence-electron chi connectivity index (χ2n) is 4.65. The van der Waals surface area contributed by atoms with Crippen molar-refractivity contribution >= 4 is 15.9 Å². The van der Waals surface area contributed by atoms with Crippen LogP contribution in [-0.4, -0.2) is 5.54 Å². The molecule has 0 bridgehead atoms. The average molecular weight is 256 g/mol. The second-order valence-corrected chi connectivity index (χ2v) is 5.56. The summed E-state index contributed by atoms with van der Waals surface area (Å²) >= 11 is 3.48. The number of benzene rings is 1. The van der Waals surface area contributed by atoms with Crippen molar-refractivity contribution in [2.24, 2.45) is 5.73 Å². The lowest BCUT2D eigenvalue weighted by Crippen LogP contribution is -2.33. The molecule has 0 heterocycles. The Morgan fingerprint density at radius 1 is 1.43 bits per heavy atom. The van der Waals surface area contributed by atoms with E-state index >= 15 is 0 Å². The molecule has 0 aliphatic heterocycles. The topological polar surface area (TPSA) is 26.0 Å². The van der Waals surface area contributed by atoms with Crippen LogP contribution in [0.5, 0.6) is 0 Å². The predicted octanol–water partition coefficient (Wildman–Crippen LogP) is 3.68. The first-order valence-electron chi connectivity index (χ1n) is 4.93. The fraction of sp³-hybridized carbons (Fsp3) is 0.500. The van der Waals surface area contributed by atoms with Gasteiger partial charge in [0.1, 0.15) is 0 Å². The summed E-state index contributed by atoms with van der Waals surface area (Å²) < 4.78 is 1.14. The molecule has 1 aromatic carbocycles. The summed E-state index contributed by atoms with van der Waals surface area (Å²) in [5.41, 5.74) is 7.25. The van der Waals surface area contributed by atoms with Crippen LogP contribution in [0.25, 0.3) is 0 Å².